The van der Waals surface area contributed by atoms with Gasteiger partial charge in [-0.25, -0.2) is 4.98 Å². The molecule has 2 heterocycles. The Hall–Kier alpha value is -2.05. The molecule has 2 aromatic heterocycles. The van der Waals surface area contributed by atoms with Gasteiger partial charge in [-0.1, -0.05) is 6.07 Å². The van der Waals surface area contributed by atoms with Crippen molar-refractivity contribution in [2.45, 2.75) is 6.30 Å². The van der Waals surface area contributed by atoms with Crippen molar-refractivity contribution in [2.75, 3.05) is 0 Å². The van der Waals surface area contributed by atoms with E-state index in [1.165, 1.54) is 10.6 Å². The maximum Gasteiger partial charge on any atom is 0.484 e. The van der Waals surface area contributed by atoms with E-state index in [9.17, 15) is 18.0 Å². The van der Waals surface area contributed by atoms with Crippen molar-refractivity contribution in [3.8, 4) is 0 Å². The number of carbonyl (C=O) groups is 1. The molecule has 1 N–H and O–H groups in total. The Morgan fingerprint density at radius 2 is 2.12 bits per heavy atom. The lowest BCUT2D eigenvalue weighted by Gasteiger charge is -2.05. The molecule has 84 valence electrons. The van der Waals surface area contributed by atoms with Gasteiger partial charge in [0, 0.05) is 12.4 Å². The van der Waals surface area contributed by atoms with Crippen LogP contribution in [0.3, 0.4) is 0 Å². The molecule has 0 fully saturated rings. The summed E-state index contributed by atoms with van der Waals surface area (Å²) in [6, 6.07) is 4.94. The summed E-state index contributed by atoms with van der Waals surface area (Å²) >= 11 is 0. The van der Waals surface area contributed by atoms with Gasteiger partial charge >= 0.3 is 6.30 Å². The summed E-state index contributed by atoms with van der Waals surface area (Å²) in [4.78, 5) is 14.9. The van der Waals surface area contributed by atoms with E-state index in [0.717, 1.165) is 5.32 Å². The highest BCUT2D eigenvalue weighted by atomic mass is 19.4. The normalized spacial score (nSPS) is 11.7. The van der Waals surface area contributed by atoms with Gasteiger partial charge in [-0.2, -0.15) is 13.2 Å². The van der Waals surface area contributed by atoms with Crippen molar-refractivity contribution in [3.05, 3.63) is 36.3 Å². The molecule has 0 unspecified atom stereocenters. The molecule has 16 heavy (non-hydrogen) atoms. The van der Waals surface area contributed by atoms with E-state index in [-0.39, 0.29) is 5.69 Å². The topological polar surface area (TPSA) is 46.4 Å². The summed E-state index contributed by atoms with van der Waals surface area (Å²) in [6.45, 7) is 0. The van der Waals surface area contributed by atoms with E-state index < -0.39 is 12.2 Å². The first kappa shape index (κ1) is 10.5. The van der Waals surface area contributed by atoms with Crippen LogP contribution in [0.15, 0.2) is 30.6 Å². The fourth-order valence-electron chi connectivity index (χ4n) is 1.24. The Kier molecular flexibility index (Phi) is 2.30. The second-order valence-corrected chi connectivity index (χ2v) is 3.04. The van der Waals surface area contributed by atoms with Crippen molar-refractivity contribution >= 4 is 11.6 Å². The first-order valence-corrected chi connectivity index (χ1v) is 4.29. The molecule has 2 aromatic rings. The molecule has 0 aliphatic carbocycles. The van der Waals surface area contributed by atoms with Crippen LogP contribution in [-0.4, -0.2) is 21.6 Å². The number of pyridine rings is 1. The van der Waals surface area contributed by atoms with Gasteiger partial charge in [0.25, 0.3) is 5.91 Å². The molecule has 0 saturated carbocycles. The minimum absolute atomic E-state index is 0.275. The van der Waals surface area contributed by atoms with Crippen LogP contribution >= 0.6 is 0 Å². The van der Waals surface area contributed by atoms with Crippen LogP contribution in [0.25, 0.3) is 5.65 Å². The lowest BCUT2D eigenvalue weighted by molar-refractivity contribution is -0.146. The molecule has 0 aromatic carbocycles. The van der Waals surface area contributed by atoms with E-state index in [0.29, 0.717) is 5.65 Å². The third kappa shape index (κ3) is 2.13. The summed E-state index contributed by atoms with van der Waals surface area (Å²) in [7, 11) is 0. The standard InChI is InChI=1S/C9H6F3N3O/c10-9(11,12)14-8(16)6-5-15-4-2-1-3-7(15)13-6/h1-5H,(H,14,16). The van der Waals surface area contributed by atoms with Crippen LogP contribution in [0.5, 0.6) is 0 Å². The number of carbonyl (C=O) groups excluding carboxylic acids is 1. The molecule has 0 bridgehead atoms. The van der Waals surface area contributed by atoms with E-state index >= 15 is 0 Å². The van der Waals surface area contributed by atoms with Crippen LogP contribution < -0.4 is 5.32 Å². The van der Waals surface area contributed by atoms with Gasteiger partial charge < -0.3 is 4.40 Å². The Morgan fingerprint density at radius 1 is 1.38 bits per heavy atom. The minimum atomic E-state index is -4.74. The Bertz CT molecular complexity index is 499. The summed E-state index contributed by atoms with van der Waals surface area (Å²) < 4.78 is 37.1. The molecule has 1 amide bonds. The zero-order chi connectivity index (χ0) is 11.8. The lowest BCUT2D eigenvalue weighted by atomic mass is 10.4. The van der Waals surface area contributed by atoms with Crippen LogP contribution in [0, 0.1) is 0 Å². The predicted octanol–water partition coefficient (Wildman–Crippen LogP) is 1.58. The van der Waals surface area contributed by atoms with Gasteiger partial charge in [0.1, 0.15) is 11.3 Å². The van der Waals surface area contributed by atoms with Gasteiger partial charge in [0.2, 0.25) is 0 Å². The Labute approximate surface area is 87.7 Å². The summed E-state index contributed by atoms with van der Waals surface area (Å²) in [5.74, 6) is -1.27. The zero-order valence-corrected chi connectivity index (χ0v) is 7.82. The highest BCUT2D eigenvalue weighted by molar-refractivity contribution is 5.93. The van der Waals surface area contributed by atoms with E-state index in [2.05, 4.69) is 4.98 Å². The molecule has 0 aliphatic rings. The number of imidazole rings is 1. The highest BCUT2D eigenvalue weighted by Crippen LogP contribution is 2.11. The minimum Gasteiger partial charge on any atom is -0.306 e. The maximum absolute atomic E-state index is 11.9. The van der Waals surface area contributed by atoms with Crippen molar-refractivity contribution in [3.63, 3.8) is 0 Å². The van der Waals surface area contributed by atoms with Crippen molar-refractivity contribution in [1.29, 1.82) is 0 Å². The predicted molar refractivity (Wildman–Crippen MR) is 48.7 cm³/mol. The van der Waals surface area contributed by atoms with E-state index in [1.807, 2.05) is 0 Å². The van der Waals surface area contributed by atoms with E-state index in [1.54, 1.807) is 24.4 Å². The average Bonchev–Trinajstić information content (AvgIpc) is 2.58. The Balaban J connectivity index is 2.30. The molecule has 0 spiro atoms. The molecule has 0 saturated heterocycles. The highest BCUT2D eigenvalue weighted by Gasteiger charge is 2.31. The maximum atomic E-state index is 11.9. The zero-order valence-electron chi connectivity index (χ0n) is 7.82. The number of hydrogen-bond acceptors (Lipinski definition) is 2. The van der Waals surface area contributed by atoms with Crippen LogP contribution in [0.1, 0.15) is 10.5 Å². The smallest absolute Gasteiger partial charge is 0.306 e. The number of amides is 1. The van der Waals surface area contributed by atoms with Gasteiger partial charge in [0.15, 0.2) is 0 Å². The molecule has 2 rings (SSSR count). The van der Waals surface area contributed by atoms with Gasteiger partial charge in [0.05, 0.1) is 0 Å². The fraction of sp³-hybridized carbons (Fsp3) is 0.111. The number of halogens is 3. The second-order valence-electron chi connectivity index (χ2n) is 3.04. The molecule has 0 atom stereocenters. The number of nitrogens with one attached hydrogen (secondary N) is 1. The first-order chi connectivity index (χ1) is 7.46. The number of fused-ring (bicyclic) bond motifs is 1. The average molecular weight is 229 g/mol. The molecular weight excluding hydrogens is 223 g/mol. The number of rotatable bonds is 1. The van der Waals surface area contributed by atoms with Gasteiger partial charge in [-0.3, -0.25) is 10.1 Å². The number of aromatic nitrogens is 2. The van der Waals surface area contributed by atoms with E-state index in [4.69, 9.17) is 0 Å². The lowest BCUT2D eigenvalue weighted by Crippen LogP contribution is -2.37. The summed E-state index contributed by atoms with van der Waals surface area (Å²) in [5, 5.41) is 0.882. The van der Waals surface area contributed by atoms with Crippen LogP contribution in [0.2, 0.25) is 0 Å². The summed E-state index contributed by atoms with van der Waals surface area (Å²) in [5.41, 5.74) is 0.137. The third-order valence-corrected chi connectivity index (χ3v) is 1.85. The van der Waals surface area contributed by atoms with Crippen molar-refractivity contribution in [1.82, 2.24) is 14.7 Å². The molecule has 4 nitrogen and oxygen atoms in total. The van der Waals surface area contributed by atoms with Crippen LogP contribution in [0.4, 0.5) is 13.2 Å². The van der Waals surface area contributed by atoms with Crippen molar-refractivity contribution < 1.29 is 18.0 Å². The van der Waals surface area contributed by atoms with Gasteiger partial charge in [-0.05, 0) is 12.1 Å². The van der Waals surface area contributed by atoms with Gasteiger partial charge in [-0.15, -0.1) is 0 Å². The third-order valence-electron chi connectivity index (χ3n) is 1.85. The monoisotopic (exact) mass is 229 g/mol. The molecule has 7 heteroatoms. The second kappa shape index (κ2) is 3.51. The largest absolute Gasteiger partial charge is 0.484 e. The number of nitrogens with zero attached hydrogens (tertiary/aromatic N) is 2. The Morgan fingerprint density at radius 3 is 2.75 bits per heavy atom. The number of alkyl halides is 3. The SMILES string of the molecule is O=C(NC(F)(F)F)c1cn2ccccc2n1. The quantitative estimate of drug-likeness (QED) is 0.754. The fourth-order valence-corrected chi connectivity index (χ4v) is 1.24. The van der Waals surface area contributed by atoms with Crippen LogP contribution in [-0.2, 0) is 0 Å². The first-order valence-electron chi connectivity index (χ1n) is 4.29. The molecule has 0 radical (unpaired) electrons. The molecular formula is C9H6F3N3O. The number of hydrogen-bond donors (Lipinski definition) is 1. The summed E-state index contributed by atoms with van der Waals surface area (Å²) in [6.07, 6.45) is -1.92. The molecule has 0 aliphatic heterocycles. The van der Waals surface area contributed by atoms with Crippen molar-refractivity contribution in [2.24, 2.45) is 0 Å².